The van der Waals surface area contributed by atoms with Crippen molar-refractivity contribution in [2.75, 3.05) is 33.3 Å². The van der Waals surface area contributed by atoms with Crippen LogP contribution < -0.4 is 10.1 Å². The second-order valence-corrected chi connectivity index (χ2v) is 6.16. The Labute approximate surface area is 127 Å². The fourth-order valence-electron chi connectivity index (χ4n) is 2.99. The minimum atomic E-state index is -0.185. The molecule has 0 radical (unpaired) electrons. The van der Waals surface area contributed by atoms with Crippen LogP contribution in [0.2, 0.25) is 0 Å². The Morgan fingerprint density at radius 3 is 2.57 bits per heavy atom. The predicted molar refractivity (Wildman–Crippen MR) is 84.2 cm³/mol. The van der Waals surface area contributed by atoms with Gasteiger partial charge in [0.1, 0.15) is 11.6 Å². The maximum absolute atomic E-state index is 13.7. The molecular formula is C17H27FN2O. The Morgan fingerprint density at radius 2 is 1.95 bits per heavy atom. The number of halogens is 1. The van der Waals surface area contributed by atoms with Crippen molar-refractivity contribution in [3.05, 3.63) is 29.6 Å². The van der Waals surface area contributed by atoms with Crippen LogP contribution in [0.4, 0.5) is 4.39 Å². The zero-order chi connectivity index (χ0) is 15.2. The molecule has 1 heterocycles. The Hall–Kier alpha value is -1.13. The van der Waals surface area contributed by atoms with Crippen LogP contribution in [0.3, 0.4) is 0 Å². The van der Waals surface area contributed by atoms with Gasteiger partial charge in [-0.1, -0.05) is 13.8 Å². The highest BCUT2D eigenvalue weighted by Crippen LogP contribution is 2.34. The molecule has 1 fully saturated rings. The molecule has 0 bridgehead atoms. The Morgan fingerprint density at radius 1 is 1.24 bits per heavy atom. The lowest BCUT2D eigenvalue weighted by Crippen LogP contribution is -2.45. The van der Waals surface area contributed by atoms with E-state index in [0.29, 0.717) is 5.92 Å². The minimum absolute atomic E-state index is 0.185. The van der Waals surface area contributed by atoms with Crippen LogP contribution in [-0.4, -0.2) is 38.2 Å². The van der Waals surface area contributed by atoms with Gasteiger partial charge in [-0.2, -0.15) is 0 Å². The number of hydrogen-bond acceptors (Lipinski definition) is 3. The van der Waals surface area contributed by atoms with E-state index in [1.54, 1.807) is 19.2 Å². The van der Waals surface area contributed by atoms with Crippen molar-refractivity contribution >= 4 is 0 Å². The van der Waals surface area contributed by atoms with Gasteiger partial charge in [-0.05, 0) is 37.0 Å². The molecule has 1 aliphatic heterocycles. The van der Waals surface area contributed by atoms with Crippen molar-refractivity contribution in [3.63, 3.8) is 0 Å². The molecule has 1 aliphatic rings. The van der Waals surface area contributed by atoms with Gasteiger partial charge >= 0.3 is 0 Å². The smallest absolute Gasteiger partial charge is 0.123 e. The molecular weight excluding hydrogens is 267 g/mol. The van der Waals surface area contributed by atoms with Gasteiger partial charge in [-0.25, -0.2) is 4.39 Å². The maximum Gasteiger partial charge on any atom is 0.123 e. The van der Waals surface area contributed by atoms with Crippen molar-refractivity contribution in [1.82, 2.24) is 10.2 Å². The summed E-state index contributed by atoms with van der Waals surface area (Å²) < 4.78 is 19.2. The SMILES string of the molecule is COc1ccc(F)cc1[C@H](CCC(C)C)N1CCNCC1. The van der Waals surface area contributed by atoms with E-state index in [0.717, 1.165) is 50.3 Å². The van der Waals surface area contributed by atoms with Crippen LogP contribution in [-0.2, 0) is 0 Å². The van der Waals surface area contributed by atoms with Gasteiger partial charge < -0.3 is 10.1 Å². The van der Waals surface area contributed by atoms with E-state index in [4.69, 9.17) is 4.74 Å². The van der Waals surface area contributed by atoms with E-state index in [2.05, 4.69) is 24.1 Å². The van der Waals surface area contributed by atoms with Gasteiger partial charge in [0.15, 0.2) is 0 Å². The van der Waals surface area contributed by atoms with Crippen LogP contribution in [0.1, 0.15) is 38.3 Å². The Bertz CT molecular complexity index is 444. The fraction of sp³-hybridized carbons (Fsp3) is 0.647. The van der Waals surface area contributed by atoms with Gasteiger partial charge in [-0.3, -0.25) is 4.90 Å². The standard InChI is InChI=1S/C17H27FN2O/c1-13(2)4-6-16(20-10-8-19-9-11-20)15-12-14(18)5-7-17(15)21-3/h5,7,12-13,16,19H,4,6,8-11H2,1-3H3/t16-/m0/s1. The summed E-state index contributed by atoms with van der Waals surface area (Å²) in [4.78, 5) is 2.45. The predicted octanol–water partition coefficient (Wildman–Crippen LogP) is 3.22. The first-order valence-electron chi connectivity index (χ1n) is 7.90. The molecule has 0 saturated carbocycles. The summed E-state index contributed by atoms with van der Waals surface area (Å²) in [6, 6.07) is 5.10. The van der Waals surface area contributed by atoms with Gasteiger partial charge in [0, 0.05) is 37.8 Å². The topological polar surface area (TPSA) is 24.5 Å². The maximum atomic E-state index is 13.7. The first-order chi connectivity index (χ1) is 10.1. The first kappa shape index (κ1) is 16.2. The lowest BCUT2D eigenvalue weighted by molar-refractivity contribution is 0.157. The van der Waals surface area contributed by atoms with Gasteiger partial charge in [-0.15, -0.1) is 0 Å². The van der Waals surface area contributed by atoms with Crippen LogP contribution in [0.15, 0.2) is 18.2 Å². The van der Waals surface area contributed by atoms with Crippen molar-refractivity contribution in [2.45, 2.75) is 32.7 Å². The third kappa shape index (κ3) is 4.42. The molecule has 0 aromatic heterocycles. The molecule has 21 heavy (non-hydrogen) atoms. The quantitative estimate of drug-likeness (QED) is 0.872. The van der Waals surface area contributed by atoms with Crippen LogP contribution in [0.25, 0.3) is 0 Å². The highest BCUT2D eigenvalue weighted by molar-refractivity contribution is 5.36. The molecule has 0 unspecified atom stereocenters. The Kier molecular flexibility index (Phi) is 6.00. The van der Waals surface area contributed by atoms with Crippen molar-refractivity contribution in [3.8, 4) is 5.75 Å². The van der Waals surface area contributed by atoms with Crippen molar-refractivity contribution in [1.29, 1.82) is 0 Å². The number of nitrogens with zero attached hydrogens (tertiary/aromatic N) is 1. The van der Waals surface area contributed by atoms with E-state index in [1.807, 2.05) is 0 Å². The number of methoxy groups -OCH3 is 1. The molecule has 1 aromatic carbocycles. The molecule has 1 aromatic rings. The summed E-state index contributed by atoms with van der Waals surface area (Å²) in [5.74, 6) is 1.26. The first-order valence-corrected chi connectivity index (χ1v) is 7.90. The molecule has 0 aliphatic carbocycles. The fourth-order valence-corrected chi connectivity index (χ4v) is 2.99. The third-order valence-corrected chi connectivity index (χ3v) is 4.16. The average Bonchev–Trinajstić information content (AvgIpc) is 2.48. The number of rotatable bonds is 6. The molecule has 3 nitrogen and oxygen atoms in total. The normalized spacial score (nSPS) is 18.0. The number of piperazine rings is 1. The van der Waals surface area contributed by atoms with Crippen molar-refractivity contribution in [2.24, 2.45) is 5.92 Å². The number of benzene rings is 1. The van der Waals surface area contributed by atoms with Crippen molar-refractivity contribution < 1.29 is 9.13 Å². The van der Waals surface area contributed by atoms with Gasteiger partial charge in [0.25, 0.3) is 0 Å². The second-order valence-electron chi connectivity index (χ2n) is 6.16. The molecule has 1 N–H and O–H groups in total. The lowest BCUT2D eigenvalue weighted by atomic mass is 9.95. The zero-order valence-corrected chi connectivity index (χ0v) is 13.4. The molecule has 1 saturated heterocycles. The summed E-state index contributed by atoms with van der Waals surface area (Å²) in [7, 11) is 1.66. The highest BCUT2D eigenvalue weighted by atomic mass is 19.1. The van der Waals surface area contributed by atoms with E-state index in [9.17, 15) is 4.39 Å². The largest absolute Gasteiger partial charge is 0.496 e. The minimum Gasteiger partial charge on any atom is -0.496 e. The number of hydrogen-bond donors (Lipinski definition) is 1. The summed E-state index contributed by atoms with van der Waals surface area (Å²) in [6.45, 7) is 8.46. The monoisotopic (exact) mass is 294 g/mol. The van der Waals surface area contributed by atoms with E-state index >= 15 is 0 Å². The van der Waals surface area contributed by atoms with E-state index in [-0.39, 0.29) is 11.9 Å². The molecule has 0 spiro atoms. The number of nitrogens with one attached hydrogen (secondary N) is 1. The molecule has 4 heteroatoms. The molecule has 0 amide bonds. The third-order valence-electron chi connectivity index (χ3n) is 4.16. The summed E-state index contributed by atoms with van der Waals surface area (Å²) >= 11 is 0. The van der Waals surface area contributed by atoms with E-state index in [1.165, 1.54) is 6.07 Å². The summed E-state index contributed by atoms with van der Waals surface area (Å²) in [5, 5.41) is 3.38. The molecule has 118 valence electrons. The van der Waals surface area contributed by atoms with Crippen LogP contribution >= 0.6 is 0 Å². The zero-order valence-electron chi connectivity index (χ0n) is 13.4. The summed E-state index contributed by atoms with van der Waals surface area (Å²) in [6.07, 6.45) is 2.17. The Balaban J connectivity index is 2.26. The van der Waals surface area contributed by atoms with Crippen LogP contribution in [0.5, 0.6) is 5.75 Å². The van der Waals surface area contributed by atoms with Gasteiger partial charge in [0.2, 0.25) is 0 Å². The molecule has 2 rings (SSSR count). The summed E-state index contributed by atoms with van der Waals surface area (Å²) in [5.41, 5.74) is 0.986. The molecule has 1 atom stereocenters. The van der Waals surface area contributed by atoms with E-state index < -0.39 is 0 Å². The lowest BCUT2D eigenvalue weighted by Gasteiger charge is -2.36. The average molecular weight is 294 g/mol. The number of ether oxygens (including phenoxy) is 1. The van der Waals surface area contributed by atoms with Crippen LogP contribution in [0, 0.1) is 11.7 Å². The van der Waals surface area contributed by atoms with Gasteiger partial charge in [0.05, 0.1) is 7.11 Å². The highest BCUT2D eigenvalue weighted by Gasteiger charge is 2.25. The second kappa shape index (κ2) is 7.76.